The maximum absolute atomic E-state index is 10.4. The summed E-state index contributed by atoms with van der Waals surface area (Å²) in [6, 6.07) is 0. The summed E-state index contributed by atoms with van der Waals surface area (Å²) in [5, 5.41) is 15.9. The van der Waals surface area contributed by atoms with Gasteiger partial charge >= 0.3 is 5.97 Å². The van der Waals surface area contributed by atoms with E-state index < -0.39 is 12.1 Å². The number of nitrogens with zero attached hydrogens (tertiary/aromatic N) is 3. The summed E-state index contributed by atoms with van der Waals surface area (Å²) in [4.78, 5) is 10.4. The molecule has 1 aromatic heterocycles. The lowest BCUT2D eigenvalue weighted by atomic mass is 10.4. The molecule has 0 aliphatic carbocycles. The minimum Gasteiger partial charge on any atom is -0.479 e. The van der Waals surface area contributed by atoms with Crippen molar-refractivity contribution >= 4 is 5.97 Å². The molecule has 0 aromatic carbocycles. The van der Waals surface area contributed by atoms with Crippen LogP contribution in [0.1, 0.15) is 12.6 Å². The molecular weight excluding hydrogens is 174 g/mol. The number of hydrogen-bond acceptors (Lipinski definition) is 4. The van der Waals surface area contributed by atoms with Gasteiger partial charge in [0.15, 0.2) is 6.10 Å². The van der Waals surface area contributed by atoms with Crippen molar-refractivity contribution in [3.63, 3.8) is 0 Å². The Bertz CT molecular complexity index is 297. The number of carboxylic acids is 1. The summed E-state index contributed by atoms with van der Waals surface area (Å²) in [5.41, 5.74) is 0.621. The molecule has 13 heavy (non-hydrogen) atoms. The lowest BCUT2D eigenvalue weighted by molar-refractivity contribution is -0.149. The molecule has 1 heterocycles. The molecule has 0 saturated carbocycles. The summed E-state index contributed by atoms with van der Waals surface area (Å²) >= 11 is 0. The van der Waals surface area contributed by atoms with Crippen LogP contribution in [0.25, 0.3) is 0 Å². The number of aryl methyl sites for hydroxylation is 1. The zero-order valence-electron chi connectivity index (χ0n) is 7.47. The van der Waals surface area contributed by atoms with Crippen LogP contribution in [0.5, 0.6) is 0 Å². The van der Waals surface area contributed by atoms with Gasteiger partial charge in [-0.25, -0.2) is 4.79 Å². The number of aromatic nitrogens is 3. The molecule has 1 atom stereocenters. The van der Waals surface area contributed by atoms with Gasteiger partial charge in [-0.1, -0.05) is 5.21 Å². The third kappa shape index (κ3) is 2.83. The Kier molecular flexibility index (Phi) is 2.97. The molecule has 0 bridgehead atoms. The predicted octanol–water partition coefficient (Wildman–Crippen LogP) is -0.195. The van der Waals surface area contributed by atoms with E-state index in [-0.39, 0.29) is 6.61 Å². The number of rotatable bonds is 4. The second kappa shape index (κ2) is 3.99. The van der Waals surface area contributed by atoms with Gasteiger partial charge in [0, 0.05) is 7.05 Å². The van der Waals surface area contributed by atoms with E-state index in [1.165, 1.54) is 11.6 Å². The highest BCUT2D eigenvalue weighted by molar-refractivity contribution is 5.71. The SMILES string of the molecule is C[C@@H](OCc1cn(C)nn1)C(=O)O. The van der Waals surface area contributed by atoms with Gasteiger partial charge < -0.3 is 9.84 Å². The van der Waals surface area contributed by atoms with Crippen molar-refractivity contribution in [1.82, 2.24) is 15.0 Å². The Morgan fingerprint density at radius 3 is 3.00 bits per heavy atom. The summed E-state index contributed by atoms with van der Waals surface area (Å²) in [5.74, 6) is -0.983. The van der Waals surface area contributed by atoms with Crippen LogP contribution in [-0.4, -0.2) is 32.2 Å². The summed E-state index contributed by atoms with van der Waals surface area (Å²) < 4.78 is 6.52. The second-order valence-electron chi connectivity index (χ2n) is 2.68. The molecule has 0 radical (unpaired) electrons. The van der Waals surface area contributed by atoms with Crippen molar-refractivity contribution in [3.05, 3.63) is 11.9 Å². The predicted molar refractivity (Wildman–Crippen MR) is 42.9 cm³/mol. The van der Waals surface area contributed by atoms with Crippen LogP contribution in [0, 0.1) is 0 Å². The lowest BCUT2D eigenvalue weighted by Crippen LogP contribution is -2.19. The van der Waals surface area contributed by atoms with Gasteiger partial charge in [-0.3, -0.25) is 4.68 Å². The van der Waals surface area contributed by atoms with Gasteiger partial charge in [0.2, 0.25) is 0 Å². The van der Waals surface area contributed by atoms with E-state index in [4.69, 9.17) is 9.84 Å². The molecule has 0 spiro atoms. The maximum Gasteiger partial charge on any atom is 0.332 e. The minimum atomic E-state index is -0.983. The highest BCUT2D eigenvalue weighted by Gasteiger charge is 2.11. The molecule has 0 saturated heterocycles. The summed E-state index contributed by atoms with van der Waals surface area (Å²) in [7, 11) is 1.73. The quantitative estimate of drug-likeness (QED) is 0.703. The first-order valence-corrected chi connectivity index (χ1v) is 3.79. The number of hydrogen-bond donors (Lipinski definition) is 1. The molecule has 0 unspecified atom stereocenters. The molecule has 6 heteroatoms. The zero-order chi connectivity index (χ0) is 9.84. The molecule has 0 aliphatic rings. The molecule has 1 rings (SSSR count). The van der Waals surface area contributed by atoms with Gasteiger partial charge in [-0.15, -0.1) is 5.10 Å². The summed E-state index contributed by atoms with van der Waals surface area (Å²) in [6.45, 7) is 1.64. The van der Waals surface area contributed by atoms with Gasteiger partial charge in [0.05, 0.1) is 12.8 Å². The molecular formula is C7H11N3O3. The van der Waals surface area contributed by atoms with Crippen LogP contribution in [0.2, 0.25) is 0 Å². The number of carboxylic acid groups (broad SMARTS) is 1. The minimum absolute atomic E-state index is 0.168. The molecule has 1 N–H and O–H groups in total. The van der Waals surface area contributed by atoms with Crippen LogP contribution in [0.15, 0.2) is 6.20 Å². The Balaban J connectivity index is 2.39. The van der Waals surface area contributed by atoms with E-state index in [1.54, 1.807) is 13.2 Å². The normalized spacial score (nSPS) is 12.8. The van der Waals surface area contributed by atoms with E-state index in [2.05, 4.69) is 10.3 Å². The highest BCUT2D eigenvalue weighted by atomic mass is 16.5. The van der Waals surface area contributed by atoms with E-state index in [0.29, 0.717) is 5.69 Å². The monoisotopic (exact) mass is 185 g/mol. The average Bonchev–Trinajstić information content (AvgIpc) is 2.47. The van der Waals surface area contributed by atoms with Crippen LogP contribution in [-0.2, 0) is 23.2 Å². The van der Waals surface area contributed by atoms with Crippen LogP contribution < -0.4 is 0 Å². The van der Waals surface area contributed by atoms with E-state index in [9.17, 15) is 4.79 Å². The molecule has 6 nitrogen and oxygen atoms in total. The number of carbonyl (C=O) groups is 1. The van der Waals surface area contributed by atoms with Crippen molar-refractivity contribution in [2.75, 3.05) is 0 Å². The van der Waals surface area contributed by atoms with Gasteiger partial charge in [0.1, 0.15) is 5.69 Å². The van der Waals surface area contributed by atoms with Crippen LogP contribution in [0.3, 0.4) is 0 Å². The lowest BCUT2D eigenvalue weighted by Gasteiger charge is -2.05. The molecule has 1 aromatic rings. The van der Waals surface area contributed by atoms with E-state index in [1.807, 2.05) is 0 Å². The Labute approximate surface area is 75.1 Å². The fourth-order valence-corrected chi connectivity index (χ4v) is 0.743. The fraction of sp³-hybridized carbons (Fsp3) is 0.571. The first kappa shape index (κ1) is 9.66. The third-order valence-corrected chi connectivity index (χ3v) is 1.48. The zero-order valence-corrected chi connectivity index (χ0v) is 7.47. The van der Waals surface area contributed by atoms with E-state index in [0.717, 1.165) is 0 Å². The van der Waals surface area contributed by atoms with Crippen LogP contribution >= 0.6 is 0 Å². The summed E-state index contributed by atoms with van der Waals surface area (Å²) in [6.07, 6.45) is 0.858. The number of aliphatic carboxylic acids is 1. The van der Waals surface area contributed by atoms with E-state index >= 15 is 0 Å². The third-order valence-electron chi connectivity index (χ3n) is 1.48. The molecule has 0 amide bonds. The topological polar surface area (TPSA) is 77.2 Å². The average molecular weight is 185 g/mol. The van der Waals surface area contributed by atoms with Crippen molar-refractivity contribution in [2.24, 2.45) is 7.05 Å². The Morgan fingerprint density at radius 2 is 2.54 bits per heavy atom. The van der Waals surface area contributed by atoms with Gasteiger partial charge in [-0.05, 0) is 6.92 Å². The largest absolute Gasteiger partial charge is 0.479 e. The molecule has 0 fully saturated rings. The van der Waals surface area contributed by atoms with Crippen molar-refractivity contribution < 1.29 is 14.6 Å². The van der Waals surface area contributed by atoms with Crippen molar-refractivity contribution in [1.29, 1.82) is 0 Å². The molecule has 0 aliphatic heterocycles. The van der Waals surface area contributed by atoms with Gasteiger partial charge in [-0.2, -0.15) is 0 Å². The van der Waals surface area contributed by atoms with Crippen LogP contribution in [0.4, 0.5) is 0 Å². The highest BCUT2D eigenvalue weighted by Crippen LogP contribution is 1.98. The second-order valence-corrected chi connectivity index (χ2v) is 2.68. The Morgan fingerprint density at radius 1 is 1.85 bits per heavy atom. The fourth-order valence-electron chi connectivity index (χ4n) is 0.743. The Hall–Kier alpha value is -1.43. The maximum atomic E-state index is 10.4. The molecule has 72 valence electrons. The first-order chi connectivity index (χ1) is 6.09. The standard InChI is InChI=1S/C7H11N3O3/c1-5(7(11)12)13-4-6-3-10(2)9-8-6/h3,5H,4H2,1-2H3,(H,11,12)/t5-/m1/s1. The first-order valence-electron chi connectivity index (χ1n) is 3.79. The van der Waals surface area contributed by atoms with Crippen molar-refractivity contribution in [3.8, 4) is 0 Å². The van der Waals surface area contributed by atoms with Crippen molar-refractivity contribution in [2.45, 2.75) is 19.6 Å². The smallest absolute Gasteiger partial charge is 0.332 e. The number of ether oxygens (including phenoxy) is 1. The van der Waals surface area contributed by atoms with Gasteiger partial charge in [0.25, 0.3) is 0 Å².